The predicted octanol–water partition coefficient (Wildman–Crippen LogP) is -0.681. The van der Waals surface area contributed by atoms with Crippen LogP contribution < -0.4 is 16.4 Å². The van der Waals surface area contributed by atoms with E-state index in [9.17, 15) is 9.59 Å². The van der Waals surface area contributed by atoms with Crippen LogP contribution in [0, 0.1) is 0 Å². The predicted molar refractivity (Wildman–Crippen MR) is 62.7 cm³/mol. The molecule has 15 heavy (non-hydrogen) atoms. The van der Waals surface area contributed by atoms with E-state index in [1.165, 1.54) is 0 Å². The number of carbonyl (C=O) groups is 2. The molecular weight excluding hydrogens is 214 g/mol. The lowest BCUT2D eigenvalue weighted by Crippen LogP contribution is -2.40. The third-order valence-corrected chi connectivity index (χ3v) is 2.95. The van der Waals surface area contributed by atoms with Crippen LogP contribution in [0.3, 0.4) is 0 Å². The molecule has 1 atom stereocenters. The van der Waals surface area contributed by atoms with Crippen LogP contribution in [-0.4, -0.2) is 43.0 Å². The lowest BCUT2D eigenvalue weighted by molar-refractivity contribution is -0.125. The maximum atomic E-state index is 11.2. The van der Waals surface area contributed by atoms with E-state index in [1.54, 1.807) is 11.8 Å². The number of hydrogen-bond donors (Lipinski definition) is 3. The Morgan fingerprint density at radius 3 is 2.53 bits per heavy atom. The van der Waals surface area contributed by atoms with Gasteiger partial charge in [0.15, 0.2) is 0 Å². The minimum atomic E-state index is -0.317. The van der Waals surface area contributed by atoms with Gasteiger partial charge in [-0.1, -0.05) is 6.92 Å². The summed E-state index contributed by atoms with van der Waals surface area (Å²) >= 11 is 1.76. The molecule has 2 amide bonds. The molecule has 0 heterocycles. The van der Waals surface area contributed by atoms with Crippen molar-refractivity contribution >= 4 is 23.6 Å². The molecule has 0 spiro atoms. The van der Waals surface area contributed by atoms with E-state index in [0.717, 1.165) is 6.42 Å². The minimum Gasteiger partial charge on any atom is -0.355 e. The molecule has 0 aliphatic heterocycles. The lowest BCUT2D eigenvalue weighted by atomic mass is 10.3. The Hall–Kier alpha value is -0.750. The second kappa shape index (κ2) is 8.55. The Labute approximate surface area is 94.5 Å². The van der Waals surface area contributed by atoms with Crippen LogP contribution >= 0.6 is 11.8 Å². The van der Waals surface area contributed by atoms with Crippen LogP contribution in [0.2, 0.25) is 0 Å². The van der Waals surface area contributed by atoms with Crippen molar-refractivity contribution in [3.63, 3.8) is 0 Å². The first-order valence-corrected chi connectivity index (χ1v) is 6.15. The maximum absolute atomic E-state index is 11.2. The summed E-state index contributed by atoms with van der Waals surface area (Å²) < 4.78 is 0. The van der Waals surface area contributed by atoms with Gasteiger partial charge in [-0.2, -0.15) is 11.8 Å². The molecule has 88 valence electrons. The average molecular weight is 233 g/mol. The summed E-state index contributed by atoms with van der Waals surface area (Å²) in [4.78, 5) is 21.9. The van der Waals surface area contributed by atoms with Gasteiger partial charge in [0.2, 0.25) is 11.8 Å². The molecule has 0 saturated carbocycles. The van der Waals surface area contributed by atoms with Crippen molar-refractivity contribution in [2.24, 2.45) is 5.73 Å². The Morgan fingerprint density at radius 1 is 1.33 bits per heavy atom. The highest BCUT2D eigenvalue weighted by Crippen LogP contribution is 2.07. The average Bonchev–Trinajstić information content (AvgIpc) is 2.25. The fraction of sp³-hybridized carbons (Fsp3) is 0.778. The smallest absolute Gasteiger partial charge is 0.239 e. The Balaban J connectivity index is 3.45. The van der Waals surface area contributed by atoms with Gasteiger partial charge in [0.1, 0.15) is 0 Å². The molecule has 1 unspecified atom stereocenters. The van der Waals surface area contributed by atoms with Crippen LogP contribution in [0.25, 0.3) is 0 Å². The zero-order chi connectivity index (χ0) is 11.7. The van der Waals surface area contributed by atoms with Crippen molar-refractivity contribution < 1.29 is 9.59 Å². The highest BCUT2D eigenvalue weighted by molar-refractivity contribution is 7.99. The van der Waals surface area contributed by atoms with Gasteiger partial charge in [0, 0.05) is 11.8 Å². The standard InChI is InChI=1S/C9H19N3O2S/c1-7(15-2)3-4-11-9(14)6-12-8(13)5-10/h7H,3-6,10H2,1-2H3,(H,11,14)(H,12,13). The van der Waals surface area contributed by atoms with Crippen LogP contribution in [0.4, 0.5) is 0 Å². The summed E-state index contributed by atoms with van der Waals surface area (Å²) in [6.45, 7) is 2.66. The highest BCUT2D eigenvalue weighted by atomic mass is 32.2. The summed E-state index contributed by atoms with van der Waals surface area (Å²) in [6, 6.07) is 0. The largest absolute Gasteiger partial charge is 0.355 e. The van der Waals surface area contributed by atoms with Gasteiger partial charge in [-0.05, 0) is 12.7 Å². The number of amides is 2. The molecule has 0 fully saturated rings. The first kappa shape index (κ1) is 14.2. The maximum Gasteiger partial charge on any atom is 0.239 e. The molecule has 0 aromatic rings. The van der Waals surface area contributed by atoms with E-state index in [2.05, 4.69) is 17.6 Å². The molecule has 5 nitrogen and oxygen atoms in total. The molecule has 0 radical (unpaired) electrons. The monoisotopic (exact) mass is 233 g/mol. The number of thioether (sulfide) groups is 1. The van der Waals surface area contributed by atoms with Crippen molar-refractivity contribution in [2.45, 2.75) is 18.6 Å². The Kier molecular flexibility index (Phi) is 8.12. The first-order chi connectivity index (χ1) is 7.10. The van der Waals surface area contributed by atoms with Crippen LogP contribution in [0.1, 0.15) is 13.3 Å². The summed E-state index contributed by atoms with van der Waals surface area (Å²) in [5.41, 5.74) is 5.07. The molecule has 0 bridgehead atoms. The topological polar surface area (TPSA) is 84.2 Å². The van der Waals surface area contributed by atoms with Crippen LogP contribution in [-0.2, 0) is 9.59 Å². The number of nitrogens with two attached hydrogens (primary N) is 1. The van der Waals surface area contributed by atoms with E-state index in [-0.39, 0.29) is 24.9 Å². The van der Waals surface area contributed by atoms with E-state index in [1.807, 2.05) is 6.26 Å². The summed E-state index contributed by atoms with van der Waals surface area (Å²) in [5, 5.41) is 5.65. The van der Waals surface area contributed by atoms with Crippen molar-refractivity contribution in [1.82, 2.24) is 10.6 Å². The van der Waals surface area contributed by atoms with Gasteiger partial charge < -0.3 is 16.4 Å². The zero-order valence-corrected chi connectivity index (χ0v) is 10.0. The van der Waals surface area contributed by atoms with Crippen molar-refractivity contribution in [3.05, 3.63) is 0 Å². The van der Waals surface area contributed by atoms with Gasteiger partial charge in [-0.15, -0.1) is 0 Å². The van der Waals surface area contributed by atoms with Crippen molar-refractivity contribution in [2.75, 3.05) is 25.9 Å². The number of carbonyl (C=O) groups excluding carboxylic acids is 2. The third kappa shape index (κ3) is 8.26. The third-order valence-electron chi connectivity index (χ3n) is 1.91. The fourth-order valence-electron chi connectivity index (χ4n) is 0.846. The van der Waals surface area contributed by atoms with Gasteiger partial charge in [-0.3, -0.25) is 9.59 Å². The van der Waals surface area contributed by atoms with Crippen LogP contribution in [0.5, 0.6) is 0 Å². The summed E-state index contributed by atoms with van der Waals surface area (Å²) in [7, 11) is 0. The highest BCUT2D eigenvalue weighted by Gasteiger charge is 2.04. The molecule has 4 N–H and O–H groups in total. The molecular formula is C9H19N3O2S. The molecule has 6 heteroatoms. The van der Waals surface area contributed by atoms with E-state index < -0.39 is 0 Å². The van der Waals surface area contributed by atoms with Crippen molar-refractivity contribution in [1.29, 1.82) is 0 Å². The fourth-order valence-corrected chi connectivity index (χ4v) is 1.20. The second-order valence-electron chi connectivity index (χ2n) is 3.17. The SMILES string of the molecule is CSC(C)CCNC(=O)CNC(=O)CN. The summed E-state index contributed by atoms with van der Waals surface area (Å²) in [5.74, 6) is -0.493. The van der Waals surface area contributed by atoms with Gasteiger partial charge >= 0.3 is 0 Å². The number of rotatable bonds is 7. The first-order valence-electron chi connectivity index (χ1n) is 4.86. The molecule has 0 rings (SSSR count). The molecule has 0 aliphatic rings. The lowest BCUT2D eigenvalue weighted by Gasteiger charge is -2.09. The zero-order valence-electron chi connectivity index (χ0n) is 9.21. The number of nitrogens with one attached hydrogen (secondary N) is 2. The van der Waals surface area contributed by atoms with Gasteiger partial charge in [0.25, 0.3) is 0 Å². The Morgan fingerprint density at radius 2 is 2.00 bits per heavy atom. The van der Waals surface area contributed by atoms with Crippen LogP contribution in [0.15, 0.2) is 0 Å². The molecule has 0 aliphatic carbocycles. The van der Waals surface area contributed by atoms with E-state index >= 15 is 0 Å². The van der Waals surface area contributed by atoms with E-state index in [4.69, 9.17) is 5.73 Å². The normalized spacial score (nSPS) is 11.9. The summed E-state index contributed by atoms with van der Waals surface area (Å²) in [6.07, 6.45) is 2.96. The van der Waals surface area contributed by atoms with Gasteiger partial charge in [-0.25, -0.2) is 0 Å². The molecule has 0 saturated heterocycles. The second-order valence-corrected chi connectivity index (χ2v) is 4.44. The quantitative estimate of drug-likeness (QED) is 0.544. The molecule has 0 aromatic carbocycles. The van der Waals surface area contributed by atoms with Crippen molar-refractivity contribution in [3.8, 4) is 0 Å². The molecule has 0 aromatic heterocycles. The number of hydrogen-bond acceptors (Lipinski definition) is 4. The Bertz CT molecular complexity index is 212. The van der Waals surface area contributed by atoms with E-state index in [0.29, 0.717) is 11.8 Å². The minimum absolute atomic E-state index is 0.00365. The van der Waals surface area contributed by atoms with Gasteiger partial charge in [0.05, 0.1) is 13.1 Å².